The predicted molar refractivity (Wildman–Crippen MR) is 144 cm³/mol. The fourth-order valence-electron chi connectivity index (χ4n) is 4.71. The first-order chi connectivity index (χ1) is 17.3. The highest BCUT2D eigenvalue weighted by Crippen LogP contribution is 2.39. The summed E-state index contributed by atoms with van der Waals surface area (Å²) >= 11 is 0. The summed E-state index contributed by atoms with van der Waals surface area (Å²) in [6.45, 7) is 0. The molecule has 0 spiro atoms. The van der Waals surface area contributed by atoms with Crippen LogP contribution >= 0.6 is 0 Å². The number of benzene rings is 5. The van der Waals surface area contributed by atoms with Gasteiger partial charge in [0.1, 0.15) is 5.75 Å². The Labute approximate surface area is 204 Å². The molecule has 5 heteroatoms. The molecule has 167 valence electrons. The van der Waals surface area contributed by atoms with E-state index in [1.54, 1.807) is 0 Å². The van der Waals surface area contributed by atoms with Crippen LogP contribution in [-0.4, -0.2) is 17.3 Å². The van der Waals surface area contributed by atoms with E-state index >= 15 is 0 Å². The van der Waals surface area contributed by atoms with Gasteiger partial charge in [-0.2, -0.15) is 0 Å². The third-order valence-electron chi connectivity index (χ3n) is 6.23. The third kappa shape index (κ3) is 3.82. The minimum absolute atomic E-state index is 0.573. The number of fused-ring (bicyclic) bond motifs is 3. The Morgan fingerprint density at radius 3 is 1.91 bits per heavy atom. The van der Waals surface area contributed by atoms with Crippen LogP contribution in [0, 0.1) is 0 Å². The molecule has 0 fully saturated rings. The summed E-state index contributed by atoms with van der Waals surface area (Å²) < 4.78 is 7.44. The number of hydrogen-bond donors (Lipinski definition) is 1. The average Bonchev–Trinajstić information content (AvgIpc) is 3.25. The molecular weight excluding hydrogens is 431 g/mol. The minimum atomic E-state index is 0.573. The van der Waals surface area contributed by atoms with Gasteiger partial charge in [-0.05, 0) is 66.7 Å². The molecule has 0 atom stereocenters. The van der Waals surface area contributed by atoms with Crippen LogP contribution in [0.3, 0.4) is 0 Å². The van der Waals surface area contributed by atoms with Gasteiger partial charge in [0.05, 0.1) is 11.0 Å². The molecule has 1 N–H and O–H groups in total. The normalized spacial score (nSPS) is 11.0. The summed E-state index contributed by atoms with van der Waals surface area (Å²) in [4.78, 5) is 2.22. The van der Waals surface area contributed by atoms with Crippen LogP contribution in [0.5, 0.6) is 5.75 Å². The molecule has 0 aliphatic carbocycles. The van der Waals surface area contributed by atoms with Crippen molar-refractivity contribution in [1.82, 2.24) is 4.57 Å². The molecule has 1 heterocycles. The highest BCUT2D eigenvalue weighted by atomic mass is 16.5. The predicted octanol–water partition coefficient (Wildman–Crippen LogP) is 7.16. The van der Waals surface area contributed by atoms with Gasteiger partial charge < -0.3 is 19.1 Å². The van der Waals surface area contributed by atoms with Gasteiger partial charge in [-0.1, -0.05) is 60.7 Å². The van der Waals surface area contributed by atoms with E-state index in [1.807, 2.05) is 48.5 Å². The van der Waals surface area contributed by atoms with Crippen molar-refractivity contribution in [3.8, 4) is 11.4 Å². The minimum Gasteiger partial charge on any atom is -0.537 e. The van der Waals surface area contributed by atoms with Crippen molar-refractivity contribution in [1.29, 1.82) is 0 Å². The molecule has 0 aliphatic heterocycles. The van der Waals surface area contributed by atoms with Crippen molar-refractivity contribution in [3.63, 3.8) is 0 Å². The molecule has 0 bridgehead atoms. The molecule has 4 nitrogen and oxygen atoms in total. The lowest BCUT2D eigenvalue weighted by molar-refractivity contribution is 0.454. The van der Waals surface area contributed by atoms with Gasteiger partial charge in [-0.3, -0.25) is 0 Å². The van der Waals surface area contributed by atoms with E-state index in [-0.39, 0.29) is 0 Å². The maximum Gasteiger partial charge on any atom is 0.569 e. The number of anilines is 3. The molecule has 6 rings (SSSR count). The van der Waals surface area contributed by atoms with E-state index in [4.69, 9.17) is 9.68 Å². The van der Waals surface area contributed by atoms with Crippen molar-refractivity contribution in [2.24, 2.45) is 0 Å². The maximum atomic E-state index is 8.97. The Morgan fingerprint density at radius 1 is 0.571 bits per heavy atom. The molecule has 0 aliphatic rings. The number of aromatic nitrogens is 1. The van der Waals surface area contributed by atoms with E-state index in [9.17, 15) is 0 Å². The van der Waals surface area contributed by atoms with Crippen LogP contribution < -0.4 is 9.55 Å². The summed E-state index contributed by atoms with van der Waals surface area (Å²) in [5, 5.41) is 11.4. The molecule has 0 saturated carbocycles. The summed E-state index contributed by atoms with van der Waals surface area (Å²) in [6.07, 6.45) is 0. The van der Waals surface area contributed by atoms with Crippen LogP contribution in [0.25, 0.3) is 27.5 Å². The monoisotopic (exact) mass is 453 g/mol. The zero-order chi connectivity index (χ0) is 23.6. The van der Waals surface area contributed by atoms with Gasteiger partial charge in [0, 0.05) is 33.5 Å². The maximum absolute atomic E-state index is 8.97. The number of para-hydroxylation sites is 3. The fourth-order valence-corrected chi connectivity index (χ4v) is 4.71. The van der Waals surface area contributed by atoms with Gasteiger partial charge in [0.25, 0.3) is 0 Å². The van der Waals surface area contributed by atoms with E-state index in [0.29, 0.717) is 13.4 Å². The second kappa shape index (κ2) is 9.05. The third-order valence-corrected chi connectivity index (χ3v) is 6.23. The van der Waals surface area contributed by atoms with Crippen molar-refractivity contribution >= 4 is 46.6 Å². The molecule has 1 aromatic heterocycles. The molecule has 0 amide bonds. The summed E-state index contributed by atoms with van der Waals surface area (Å²) in [7, 11) is 0.695. The molecule has 0 saturated heterocycles. The lowest BCUT2D eigenvalue weighted by Gasteiger charge is -2.26. The van der Waals surface area contributed by atoms with E-state index in [1.165, 1.54) is 16.3 Å². The Bertz CT molecular complexity index is 1600. The molecule has 0 unspecified atom stereocenters. The quantitative estimate of drug-likeness (QED) is 0.272. The zero-order valence-electron chi connectivity index (χ0n) is 19.0. The van der Waals surface area contributed by atoms with Gasteiger partial charge in [-0.15, -0.1) is 0 Å². The molecule has 6 aromatic rings. The number of rotatable bonds is 6. The first-order valence-electron chi connectivity index (χ1n) is 11.5. The van der Waals surface area contributed by atoms with Gasteiger partial charge >= 0.3 is 7.69 Å². The smallest absolute Gasteiger partial charge is 0.537 e. The molecule has 5 aromatic carbocycles. The van der Waals surface area contributed by atoms with Crippen molar-refractivity contribution < 1.29 is 9.68 Å². The lowest BCUT2D eigenvalue weighted by Crippen LogP contribution is -2.10. The second-order valence-corrected chi connectivity index (χ2v) is 8.28. The van der Waals surface area contributed by atoms with Crippen LogP contribution in [0.2, 0.25) is 0 Å². The Hall–Kier alpha value is -4.48. The van der Waals surface area contributed by atoms with E-state index in [0.717, 1.165) is 28.3 Å². The highest BCUT2D eigenvalue weighted by Gasteiger charge is 2.17. The molecular formula is C30H22BN2O2. The molecule has 35 heavy (non-hydrogen) atoms. The van der Waals surface area contributed by atoms with Crippen LogP contribution in [0.15, 0.2) is 127 Å². The van der Waals surface area contributed by atoms with Crippen LogP contribution in [-0.2, 0) is 0 Å². The first-order valence-corrected chi connectivity index (χ1v) is 11.5. The van der Waals surface area contributed by atoms with Gasteiger partial charge in [-0.25, -0.2) is 0 Å². The van der Waals surface area contributed by atoms with E-state index < -0.39 is 0 Å². The Morgan fingerprint density at radius 2 is 1.17 bits per heavy atom. The topological polar surface area (TPSA) is 37.6 Å². The summed E-state index contributed by atoms with van der Waals surface area (Å²) in [6, 6.07) is 43.6. The lowest BCUT2D eigenvalue weighted by atomic mass is 10.1. The SMILES string of the molecule is O[B]Oc1ccc(N(c2ccccc2)c2ccc3c4ccccc4n(-c4ccccc4)c3c2)cc1. The van der Waals surface area contributed by atoms with Gasteiger partial charge in [0.2, 0.25) is 0 Å². The van der Waals surface area contributed by atoms with Crippen molar-refractivity contribution in [3.05, 3.63) is 127 Å². The first kappa shape index (κ1) is 21.1. The van der Waals surface area contributed by atoms with Gasteiger partial charge in [0.15, 0.2) is 0 Å². The van der Waals surface area contributed by atoms with E-state index in [2.05, 4.69) is 88.3 Å². The fraction of sp³-hybridized carbons (Fsp3) is 0. The largest absolute Gasteiger partial charge is 0.569 e. The Balaban J connectivity index is 1.58. The summed E-state index contributed by atoms with van der Waals surface area (Å²) in [5.41, 5.74) is 6.54. The molecule has 1 radical (unpaired) electrons. The standard InChI is InChI=1S/C30H22BN2O2/c34-31-35-26-18-15-24(16-19-26)32(22-9-3-1-4-10-22)25-17-20-28-27-13-7-8-14-29(27)33(30(28)21-25)23-11-5-2-6-12-23/h1-21,34H. The number of nitrogens with zero attached hydrogens (tertiary/aromatic N) is 2. The number of hydrogen-bond acceptors (Lipinski definition) is 3. The van der Waals surface area contributed by atoms with Crippen LogP contribution in [0.4, 0.5) is 17.1 Å². The Kier molecular flexibility index (Phi) is 5.45. The summed E-state index contributed by atoms with van der Waals surface area (Å²) in [5.74, 6) is 0.573. The van der Waals surface area contributed by atoms with Crippen LogP contribution in [0.1, 0.15) is 0 Å². The van der Waals surface area contributed by atoms with Crippen molar-refractivity contribution in [2.45, 2.75) is 0 Å². The second-order valence-electron chi connectivity index (χ2n) is 8.28. The average molecular weight is 453 g/mol. The zero-order valence-corrected chi connectivity index (χ0v) is 19.0. The highest BCUT2D eigenvalue weighted by molar-refractivity contribution is 6.17. The van der Waals surface area contributed by atoms with Crippen molar-refractivity contribution in [2.75, 3.05) is 4.90 Å².